The minimum absolute atomic E-state index is 1.31. The van der Waals surface area contributed by atoms with Gasteiger partial charge in [0, 0.05) is 33.3 Å². The molecule has 1 N–H and O–H groups in total. The lowest BCUT2D eigenvalue weighted by atomic mass is 10.1. The van der Waals surface area contributed by atoms with Crippen LogP contribution in [0.5, 0.6) is 0 Å². The molecule has 0 atom stereocenters. The van der Waals surface area contributed by atoms with Crippen molar-refractivity contribution in [2.45, 2.75) is 8.42 Å². The molecule has 0 aliphatic heterocycles. The topological polar surface area (TPSA) is 15.8 Å². The van der Waals surface area contributed by atoms with E-state index < -0.39 is 0 Å². The summed E-state index contributed by atoms with van der Waals surface area (Å²) in [4.78, 5) is 5.92. The van der Waals surface area contributed by atoms with Gasteiger partial charge in [0.15, 0.2) is 0 Å². The average molecular weight is 324 g/mol. The normalized spacial score (nSPS) is 11.1. The summed E-state index contributed by atoms with van der Waals surface area (Å²) in [5.74, 6) is 0. The third-order valence-electron chi connectivity index (χ3n) is 2.84. The van der Waals surface area contributed by atoms with Crippen LogP contribution in [0.3, 0.4) is 0 Å². The largest absolute Gasteiger partial charge is 0.366 e. The summed E-state index contributed by atoms with van der Waals surface area (Å²) in [6, 6.07) is 8.82. The molecule has 5 heteroatoms. The van der Waals surface area contributed by atoms with E-state index in [1.54, 1.807) is 23.5 Å². The fourth-order valence-corrected chi connectivity index (χ4v) is 5.07. The Labute approximate surface area is 129 Å². The predicted molar refractivity (Wildman–Crippen MR) is 91.0 cm³/mol. The number of aromatic amines is 1. The molecule has 0 radical (unpaired) electrons. The molecule has 0 spiro atoms. The first-order chi connectivity index (χ1) is 9.31. The molecule has 0 unspecified atom stereocenters. The number of H-pyrrole nitrogens is 1. The summed E-state index contributed by atoms with van der Waals surface area (Å²) < 4.78 is 2.72. The zero-order chi connectivity index (χ0) is 13.2. The van der Waals surface area contributed by atoms with Gasteiger partial charge in [-0.15, -0.1) is 46.2 Å². The summed E-state index contributed by atoms with van der Waals surface area (Å²) in [6.07, 6.45) is 8.45. The number of hydrogen-bond donors (Lipinski definition) is 1. The SMILES string of the molecule is CSc1ccc(-c2c[nH]cc2-c2ccc(SC)s2)s1. The Morgan fingerprint density at radius 2 is 1.26 bits per heavy atom. The van der Waals surface area contributed by atoms with E-state index >= 15 is 0 Å². The van der Waals surface area contributed by atoms with E-state index in [9.17, 15) is 0 Å². The molecule has 0 aromatic carbocycles. The van der Waals surface area contributed by atoms with Crippen LogP contribution in [0.25, 0.3) is 20.9 Å². The molecule has 19 heavy (non-hydrogen) atoms. The number of nitrogens with one attached hydrogen (secondary N) is 1. The third-order valence-corrected chi connectivity index (χ3v) is 7.24. The van der Waals surface area contributed by atoms with E-state index in [4.69, 9.17) is 0 Å². The molecule has 98 valence electrons. The van der Waals surface area contributed by atoms with Gasteiger partial charge in [-0.1, -0.05) is 0 Å². The van der Waals surface area contributed by atoms with Gasteiger partial charge in [-0.2, -0.15) is 0 Å². The first kappa shape index (κ1) is 13.4. The maximum absolute atomic E-state index is 3.25. The zero-order valence-corrected chi connectivity index (χ0v) is 13.9. The first-order valence-corrected chi connectivity index (χ1v) is 9.85. The van der Waals surface area contributed by atoms with Crippen LogP contribution in [-0.2, 0) is 0 Å². The molecule has 0 aliphatic carbocycles. The Kier molecular flexibility index (Phi) is 4.07. The Morgan fingerprint density at radius 1 is 0.789 bits per heavy atom. The molecule has 0 aliphatic rings. The van der Waals surface area contributed by atoms with Crippen LogP contribution in [0.2, 0.25) is 0 Å². The van der Waals surface area contributed by atoms with Crippen LogP contribution in [0.1, 0.15) is 0 Å². The van der Waals surface area contributed by atoms with Gasteiger partial charge in [-0.3, -0.25) is 0 Å². The van der Waals surface area contributed by atoms with Crippen molar-refractivity contribution in [2.75, 3.05) is 12.5 Å². The third kappa shape index (κ3) is 2.65. The van der Waals surface area contributed by atoms with Crippen LogP contribution in [0.4, 0.5) is 0 Å². The molecule has 3 rings (SSSR count). The Hall–Kier alpha value is -0.620. The van der Waals surface area contributed by atoms with E-state index in [0.717, 1.165) is 0 Å². The monoisotopic (exact) mass is 323 g/mol. The van der Waals surface area contributed by atoms with Crippen molar-refractivity contribution in [1.82, 2.24) is 4.98 Å². The Balaban J connectivity index is 2.02. The number of thioether (sulfide) groups is 2. The number of rotatable bonds is 4. The van der Waals surface area contributed by atoms with E-state index in [1.165, 1.54) is 29.3 Å². The van der Waals surface area contributed by atoms with Crippen LogP contribution < -0.4 is 0 Å². The Bertz CT molecular complexity index is 620. The molecule has 3 aromatic rings. The fraction of sp³-hybridized carbons (Fsp3) is 0.143. The summed E-state index contributed by atoms with van der Waals surface area (Å²) in [5, 5.41) is 0. The zero-order valence-electron chi connectivity index (χ0n) is 10.6. The molecule has 0 bridgehead atoms. The van der Waals surface area contributed by atoms with Crippen molar-refractivity contribution in [2.24, 2.45) is 0 Å². The van der Waals surface area contributed by atoms with Gasteiger partial charge in [0.05, 0.1) is 8.42 Å². The summed E-state index contributed by atoms with van der Waals surface area (Å²) in [7, 11) is 0. The number of hydrogen-bond acceptors (Lipinski definition) is 4. The summed E-state index contributed by atoms with van der Waals surface area (Å²) >= 11 is 7.32. The van der Waals surface area contributed by atoms with Crippen molar-refractivity contribution >= 4 is 46.2 Å². The Morgan fingerprint density at radius 3 is 1.63 bits per heavy atom. The molecule has 3 aromatic heterocycles. The second-order valence-corrected chi connectivity index (χ2v) is 8.31. The van der Waals surface area contributed by atoms with Gasteiger partial charge in [0.1, 0.15) is 0 Å². The smallest absolute Gasteiger partial charge is 0.0602 e. The molecule has 0 saturated heterocycles. The molecule has 1 nitrogen and oxygen atoms in total. The minimum atomic E-state index is 1.31. The van der Waals surface area contributed by atoms with E-state index in [0.29, 0.717) is 0 Å². The molecular formula is C14H13NS4. The standard InChI is InChI=1S/C14H13NS4/c1-16-13-5-3-11(18-13)9-7-15-8-10(9)12-4-6-14(17-2)19-12/h3-8,15H,1-2H3. The second kappa shape index (κ2) is 5.79. The van der Waals surface area contributed by atoms with Gasteiger partial charge in [0.2, 0.25) is 0 Å². The number of aromatic nitrogens is 1. The lowest BCUT2D eigenvalue weighted by Crippen LogP contribution is -1.71. The minimum Gasteiger partial charge on any atom is -0.366 e. The van der Waals surface area contributed by atoms with E-state index in [-0.39, 0.29) is 0 Å². The van der Waals surface area contributed by atoms with Crippen LogP contribution in [-0.4, -0.2) is 17.5 Å². The lowest BCUT2D eigenvalue weighted by Gasteiger charge is -1.98. The highest BCUT2D eigenvalue weighted by Gasteiger charge is 2.12. The van der Waals surface area contributed by atoms with Gasteiger partial charge < -0.3 is 4.98 Å². The van der Waals surface area contributed by atoms with Crippen LogP contribution in [0.15, 0.2) is 45.1 Å². The number of thiophene rings is 2. The maximum atomic E-state index is 3.25. The summed E-state index contributed by atoms with van der Waals surface area (Å²) in [5.41, 5.74) is 2.61. The maximum Gasteiger partial charge on any atom is 0.0602 e. The van der Waals surface area contributed by atoms with Crippen molar-refractivity contribution in [3.8, 4) is 20.9 Å². The van der Waals surface area contributed by atoms with Crippen molar-refractivity contribution < 1.29 is 0 Å². The highest BCUT2D eigenvalue weighted by atomic mass is 32.2. The average Bonchev–Trinajstić information content (AvgIpc) is 3.16. The molecule has 3 heterocycles. The molecule has 0 amide bonds. The first-order valence-electron chi connectivity index (χ1n) is 5.77. The highest BCUT2D eigenvalue weighted by Crippen LogP contribution is 2.41. The van der Waals surface area contributed by atoms with E-state index in [2.05, 4.69) is 54.2 Å². The van der Waals surface area contributed by atoms with Gasteiger partial charge in [-0.05, 0) is 36.8 Å². The van der Waals surface area contributed by atoms with Crippen molar-refractivity contribution in [1.29, 1.82) is 0 Å². The van der Waals surface area contributed by atoms with Crippen LogP contribution in [0, 0.1) is 0 Å². The molecule has 0 saturated carbocycles. The molecule has 0 fully saturated rings. The summed E-state index contributed by atoms with van der Waals surface area (Å²) in [6.45, 7) is 0. The van der Waals surface area contributed by atoms with Crippen molar-refractivity contribution in [3.05, 3.63) is 36.7 Å². The van der Waals surface area contributed by atoms with Gasteiger partial charge >= 0.3 is 0 Å². The van der Waals surface area contributed by atoms with Crippen molar-refractivity contribution in [3.63, 3.8) is 0 Å². The second-order valence-electron chi connectivity index (χ2n) is 3.93. The quantitative estimate of drug-likeness (QED) is 0.600. The lowest BCUT2D eigenvalue weighted by molar-refractivity contribution is 1.42. The van der Waals surface area contributed by atoms with Crippen LogP contribution >= 0.6 is 46.2 Å². The van der Waals surface area contributed by atoms with E-state index in [1.807, 2.05) is 22.7 Å². The van der Waals surface area contributed by atoms with Gasteiger partial charge in [0.25, 0.3) is 0 Å². The predicted octanol–water partition coefficient (Wildman–Crippen LogP) is 5.92. The fourth-order valence-electron chi connectivity index (χ4n) is 1.92. The highest BCUT2D eigenvalue weighted by molar-refractivity contribution is 8.00. The van der Waals surface area contributed by atoms with Gasteiger partial charge in [-0.25, -0.2) is 0 Å². The molecular weight excluding hydrogens is 310 g/mol.